The third-order valence-electron chi connectivity index (χ3n) is 2.06. The lowest BCUT2D eigenvalue weighted by molar-refractivity contribution is 0.983. The molecule has 0 bridgehead atoms. The topological polar surface area (TPSA) is 48.7 Å². The maximum atomic E-state index is 8.69. The van der Waals surface area contributed by atoms with Gasteiger partial charge in [0.1, 0.15) is 5.01 Å². The van der Waals surface area contributed by atoms with Gasteiger partial charge in [0.2, 0.25) is 0 Å². The Morgan fingerprint density at radius 3 is 2.75 bits per heavy atom. The SMILES string of the molecule is N#Cc1ccc(-c2ncc(CNCl)s2)cc1. The molecule has 16 heavy (non-hydrogen) atoms. The van der Waals surface area contributed by atoms with Gasteiger partial charge >= 0.3 is 0 Å². The lowest BCUT2D eigenvalue weighted by Crippen LogP contribution is -1.94. The number of nitrogens with one attached hydrogen (secondary N) is 1. The molecule has 0 fully saturated rings. The molecule has 5 heteroatoms. The van der Waals surface area contributed by atoms with Gasteiger partial charge < -0.3 is 0 Å². The van der Waals surface area contributed by atoms with E-state index in [1.54, 1.807) is 29.7 Å². The van der Waals surface area contributed by atoms with Crippen LogP contribution in [0.3, 0.4) is 0 Å². The molecule has 0 atom stereocenters. The monoisotopic (exact) mass is 249 g/mol. The first-order valence-corrected chi connectivity index (χ1v) is 5.81. The number of aromatic nitrogens is 1. The van der Waals surface area contributed by atoms with Gasteiger partial charge in [-0.2, -0.15) is 5.26 Å². The van der Waals surface area contributed by atoms with Gasteiger partial charge in [0, 0.05) is 23.2 Å². The smallest absolute Gasteiger partial charge is 0.123 e. The van der Waals surface area contributed by atoms with Gasteiger partial charge in [-0.3, -0.25) is 0 Å². The van der Waals surface area contributed by atoms with Crippen molar-refractivity contribution in [3.63, 3.8) is 0 Å². The van der Waals surface area contributed by atoms with Crippen LogP contribution in [0.1, 0.15) is 10.4 Å². The van der Waals surface area contributed by atoms with E-state index in [4.69, 9.17) is 17.0 Å². The van der Waals surface area contributed by atoms with Gasteiger partial charge in [0.05, 0.1) is 11.6 Å². The third-order valence-corrected chi connectivity index (χ3v) is 3.24. The maximum Gasteiger partial charge on any atom is 0.123 e. The van der Waals surface area contributed by atoms with Gasteiger partial charge in [0.15, 0.2) is 0 Å². The fraction of sp³-hybridized carbons (Fsp3) is 0.0909. The second kappa shape index (κ2) is 5.08. The van der Waals surface area contributed by atoms with Crippen molar-refractivity contribution in [2.45, 2.75) is 6.54 Å². The quantitative estimate of drug-likeness (QED) is 0.851. The molecule has 3 nitrogen and oxygen atoms in total. The molecular formula is C11H8ClN3S. The molecule has 2 aromatic rings. The number of hydrogen-bond acceptors (Lipinski definition) is 4. The predicted octanol–water partition coefficient (Wildman–Crippen LogP) is 2.93. The molecule has 0 unspecified atom stereocenters. The summed E-state index contributed by atoms with van der Waals surface area (Å²) in [4.78, 5) is 7.94. The minimum absolute atomic E-state index is 0.607. The number of benzene rings is 1. The highest BCUT2D eigenvalue weighted by Crippen LogP contribution is 2.25. The molecule has 1 aromatic carbocycles. The second-order valence-corrected chi connectivity index (χ2v) is 4.51. The summed E-state index contributed by atoms with van der Waals surface area (Å²) in [6.45, 7) is 0.607. The van der Waals surface area contributed by atoms with Crippen LogP contribution in [0.2, 0.25) is 0 Å². The molecule has 0 spiro atoms. The van der Waals surface area contributed by atoms with Crippen LogP contribution in [0.15, 0.2) is 30.5 Å². The first-order valence-electron chi connectivity index (χ1n) is 4.62. The van der Waals surface area contributed by atoms with Gasteiger partial charge in [0.25, 0.3) is 0 Å². The fourth-order valence-corrected chi connectivity index (χ4v) is 2.36. The number of hydrogen-bond donors (Lipinski definition) is 1. The molecule has 0 amide bonds. The lowest BCUT2D eigenvalue weighted by Gasteiger charge is -1.95. The van der Waals surface area contributed by atoms with E-state index in [0.29, 0.717) is 12.1 Å². The van der Waals surface area contributed by atoms with Crippen LogP contribution < -0.4 is 4.84 Å². The molecule has 0 aliphatic heterocycles. The summed E-state index contributed by atoms with van der Waals surface area (Å²) in [6, 6.07) is 9.46. The van der Waals surface area contributed by atoms with Crippen molar-refractivity contribution < 1.29 is 0 Å². The second-order valence-electron chi connectivity index (χ2n) is 3.13. The van der Waals surface area contributed by atoms with E-state index < -0.39 is 0 Å². The molecule has 0 aliphatic carbocycles. The number of rotatable bonds is 3. The molecule has 1 aromatic heterocycles. The lowest BCUT2D eigenvalue weighted by atomic mass is 10.1. The Labute approximate surface area is 102 Å². The van der Waals surface area contributed by atoms with E-state index in [0.717, 1.165) is 15.4 Å². The van der Waals surface area contributed by atoms with Crippen LogP contribution in [-0.2, 0) is 6.54 Å². The van der Waals surface area contributed by atoms with E-state index in [1.165, 1.54) is 0 Å². The number of nitriles is 1. The van der Waals surface area contributed by atoms with E-state index >= 15 is 0 Å². The van der Waals surface area contributed by atoms with Crippen LogP contribution in [0, 0.1) is 11.3 Å². The zero-order valence-corrected chi connectivity index (χ0v) is 9.85. The van der Waals surface area contributed by atoms with Crippen molar-refractivity contribution in [2.75, 3.05) is 0 Å². The van der Waals surface area contributed by atoms with Gasteiger partial charge in [-0.05, 0) is 23.9 Å². The van der Waals surface area contributed by atoms with Crippen LogP contribution in [-0.4, -0.2) is 4.98 Å². The highest BCUT2D eigenvalue weighted by molar-refractivity contribution is 7.15. The Kier molecular flexibility index (Phi) is 3.52. The highest BCUT2D eigenvalue weighted by Gasteiger charge is 2.04. The average molecular weight is 250 g/mol. The first kappa shape index (κ1) is 11.1. The van der Waals surface area contributed by atoms with E-state index in [9.17, 15) is 0 Å². The van der Waals surface area contributed by atoms with Crippen LogP contribution in [0.25, 0.3) is 10.6 Å². The minimum atomic E-state index is 0.607. The number of thiazole rings is 1. The number of nitrogens with zero attached hydrogens (tertiary/aromatic N) is 2. The van der Waals surface area contributed by atoms with Crippen molar-refractivity contribution in [2.24, 2.45) is 0 Å². The zero-order chi connectivity index (χ0) is 11.4. The molecule has 2 rings (SSSR count). The Bertz CT molecular complexity index is 513. The maximum absolute atomic E-state index is 8.69. The van der Waals surface area contributed by atoms with Crippen molar-refractivity contribution in [3.05, 3.63) is 40.9 Å². The number of halogens is 1. The van der Waals surface area contributed by atoms with Crippen LogP contribution in [0.4, 0.5) is 0 Å². The molecule has 80 valence electrons. The minimum Gasteiger partial charge on any atom is -0.244 e. The van der Waals surface area contributed by atoms with Crippen molar-refractivity contribution in [1.82, 2.24) is 9.82 Å². The molecule has 0 aliphatic rings. The molecular weight excluding hydrogens is 242 g/mol. The van der Waals surface area contributed by atoms with Crippen LogP contribution >= 0.6 is 23.1 Å². The van der Waals surface area contributed by atoms with E-state index in [1.807, 2.05) is 12.1 Å². The Morgan fingerprint density at radius 2 is 2.12 bits per heavy atom. The van der Waals surface area contributed by atoms with Gasteiger partial charge in [-0.15, -0.1) is 11.3 Å². The average Bonchev–Trinajstić information content (AvgIpc) is 2.78. The Hall–Kier alpha value is -1.41. The molecule has 1 N–H and O–H groups in total. The Morgan fingerprint density at radius 1 is 1.38 bits per heavy atom. The first-order chi connectivity index (χ1) is 7.83. The molecule has 0 radical (unpaired) electrons. The van der Waals surface area contributed by atoms with Gasteiger partial charge in [-0.1, -0.05) is 12.1 Å². The molecule has 0 saturated carbocycles. The van der Waals surface area contributed by atoms with Gasteiger partial charge in [-0.25, -0.2) is 9.82 Å². The summed E-state index contributed by atoms with van der Waals surface area (Å²) in [5.74, 6) is 0. The highest BCUT2D eigenvalue weighted by atomic mass is 35.5. The summed E-state index contributed by atoms with van der Waals surface area (Å²) in [5, 5.41) is 9.62. The summed E-state index contributed by atoms with van der Waals surface area (Å²) < 4.78 is 0. The Balaban J connectivity index is 2.25. The standard InChI is InChI=1S/C11H8ClN3S/c12-15-7-10-6-14-11(16-10)9-3-1-8(5-13)2-4-9/h1-4,6,15H,7H2. The normalized spacial score (nSPS) is 10.0. The van der Waals surface area contributed by atoms with E-state index in [2.05, 4.69) is 15.9 Å². The summed E-state index contributed by atoms with van der Waals surface area (Å²) in [7, 11) is 0. The third kappa shape index (κ3) is 2.39. The summed E-state index contributed by atoms with van der Waals surface area (Å²) in [5.41, 5.74) is 1.67. The van der Waals surface area contributed by atoms with Crippen molar-refractivity contribution in [1.29, 1.82) is 5.26 Å². The van der Waals surface area contributed by atoms with E-state index in [-0.39, 0.29) is 0 Å². The predicted molar refractivity (Wildman–Crippen MR) is 65.0 cm³/mol. The molecule has 1 heterocycles. The fourth-order valence-electron chi connectivity index (χ4n) is 1.28. The summed E-state index contributed by atoms with van der Waals surface area (Å²) >= 11 is 7.01. The zero-order valence-electron chi connectivity index (χ0n) is 8.27. The largest absolute Gasteiger partial charge is 0.244 e. The molecule has 0 saturated heterocycles. The summed E-state index contributed by atoms with van der Waals surface area (Å²) in [6.07, 6.45) is 1.80. The van der Waals surface area contributed by atoms with Crippen LogP contribution in [0.5, 0.6) is 0 Å². The van der Waals surface area contributed by atoms with Crippen molar-refractivity contribution in [3.8, 4) is 16.6 Å². The van der Waals surface area contributed by atoms with Crippen molar-refractivity contribution >= 4 is 23.1 Å².